The first-order chi connectivity index (χ1) is 9.15. The van der Waals surface area contributed by atoms with Crippen molar-refractivity contribution in [3.63, 3.8) is 0 Å². The third-order valence-corrected chi connectivity index (χ3v) is 4.33. The minimum Gasteiger partial charge on any atom is -0.497 e. The molecular weight excluding hydrogens is 254 g/mol. The highest BCUT2D eigenvalue weighted by Crippen LogP contribution is 2.16. The van der Waals surface area contributed by atoms with E-state index in [2.05, 4.69) is 38.2 Å². The number of ether oxygens (including phenoxy) is 1. The van der Waals surface area contributed by atoms with Gasteiger partial charge in [0.05, 0.1) is 7.11 Å². The summed E-state index contributed by atoms with van der Waals surface area (Å²) in [5, 5.41) is 4.30. The highest BCUT2D eigenvalue weighted by Gasteiger charge is 2.09. The van der Waals surface area contributed by atoms with Crippen molar-refractivity contribution >= 4 is 11.8 Å². The Bertz CT molecular complexity index is 337. The fraction of sp³-hybridized carbons (Fsp3) is 0.625. The van der Waals surface area contributed by atoms with Crippen LogP contribution in [-0.4, -0.2) is 30.7 Å². The van der Waals surface area contributed by atoms with Crippen LogP contribution in [0.3, 0.4) is 0 Å². The predicted molar refractivity (Wildman–Crippen MR) is 86.4 cm³/mol. The Hall–Kier alpha value is -0.670. The van der Waals surface area contributed by atoms with E-state index in [0.717, 1.165) is 18.7 Å². The number of nitrogens with one attached hydrogen (secondary N) is 1. The minimum absolute atomic E-state index is 0.611. The molecular formula is C16H27NOS. The molecule has 108 valence electrons. The maximum absolute atomic E-state index is 5.18. The topological polar surface area (TPSA) is 21.3 Å². The van der Waals surface area contributed by atoms with Gasteiger partial charge >= 0.3 is 0 Å². The molecule has 0 saturated heterocycles. The number of thioether (sulfide) groups is 1. The third kappa shape index (κ3) is 6.88. The first-order valence-corrected chi connectivity index (χ1v) is 8.18. The first kappa shape index (κ1) is 16.4. The number of rotatable bonds is 9. The van der Waals surface area contributed by atoms with E-state index in [0.29, 0.717) is 11.3 Å². The van der Waals surface area contributed by atoms with Crippen LogP contribution in [0.2, 0.25) is 0 Å². The van der Waals surface area contributed by atoms with Gasteiger partial charge in [-0.15, -0.1) is 0 Å². The molecule has 1 unspecified atom stereocenters. The molecule has 1 atom stereocenters. The molecule has 0 aliphatic rings. The van der Waals surface area contributed by atoms with Crippen molar-refractivity contribution in [1.82, 2.24) is 5.32 Å². The number of benzene rings is 1. The van der Waals surface area contributed by atoms with Crippen molar-refractivity contribution in [2.45, 2.75) is 44.9 Å². The normalized spacial score (nSPS) is 12.7. The van der Waals surface area contributed by atoms with Crippen LogP contribution in [0, 0.1) is 0 Å². The van der Waals surface area contributed by atoms with Crippen molar-refractivity contribution < 1.29 is 4.74 Å². The molecule has 0 fully saturated rings. The van der Waals surface area contributed by atoms with Gasteiger partial charge in [0, 0.05) is 11.8 Å². The molecule has 19 heavy (non-hydrogen) atoms. The van der Waals surface area contributed by atoms with E-state index < -0.39 is 0 Å². The van der Waals surface area contributed by atoms with Gasteiger partial charge in [-0.25, -0.2) is 0 Å². The fourth-order valence-electron chi connectivity index (χ4n) is 1.97. The summed E-state index contributed by atoms with van der Waals surface area (Å²) in [5.41, 5.74) is 1.39. The van der Waals surface area contributed by atoms with Crippen molar-refractivity contribution in [3.05, 3.63) is 29.8 Å². The predicted octanol–water partition coefficient (Wildman–Crippen LogP) is 3.75. The average molecular weight is 281 g/mol. The Morgan fingerprint density at radius 3 is 2.42 bits per heavy atom. The SMILES string of the molecule is CCNC(CCc1ccc(OC)cc1)CSC(C)C. The lowest BCUT2D eigenvalue weighted by atomic mass is 10.1. The maximum atomic E-state index is 5.18. The summed E-state index contributed by atoms with van der Waals surface area (Å²) >= 11 is 2.04. The summed E-state index contributed by atoms with van der Waals surface area (Å²) < 4.78 is 5.18. The fourth-order valence-corrected chi connectivity index (χ4v) is 2.88. The molecule has 1 rings (SSSR count). The van der Waals surface area contributed by atoms with E-state index in [9.17, 15) is 0 Å². The summed E-state index contributed by atoms with van der Waals surface area (Å²) in [6.07, 6.45) is 2.32. The molecule has 1 aromatic rings. The maximum Gasteiger partial charge on any atom is 0.118 e. The van der Waals surface area contributed by atoms with Crippen molar-refractivity contribution in [2.75, 3.05) is 19.4 Å². The Morgan fingerprint density at radius 1 is 1.21 bits per heavy atom. The molecule has 0 spiro atoms. The zero-order valence-corrected chi connectivity index (χ0v) is 13.4. The highest BCUT2D eigenvalue weighted by molar-refractivity contribution is 7.99. The van der Waals surface area contributed by atoms with Gasteiger partial charge in [0.15, 0.2) is 0 Å². The van der Waals surface area contributed by atoms with Gasteiger partial charge in [-0.2, -0.15) is 11.8 Å². The van der Waals surface area contributed by atoms with E-state index in [1.54, 1.807) is 7.11 Å². The van der Waals surface area contributed by atoms with Crippen molar-refractivity contribution in [1.29, 1.82) is 0 Å². The smallest absolute Gasteiger partial charge is 0.118 e. The zero-order valence-electron chi connectivity index (χ0n) is 12.6. The van der Waals surface area contributed by atoms with Gasteiger partial charge in [-0.05, 0) is 42.3 Å². The van der Waals surface area contributed by atoms with Gasteiger partial charge in [-0.1, -0.05) is 32.9 Å². The van der Waals surface area contributed by atoms with Crippen LogP contribution in [-0.2, 0) is 6.42 Å². The molecule has 0 aliphatic heterocycles. The molecule has 0 saturated carbocycles. The van der Waals surface area contributed by atoms with Gasteiger partial charge in [0.1, 0.15) is 5.75 Å². The van der Waals surface area contributed by atoms with Crippen LogP contribution in [0.1, 0.15) is 32.8 Å². The largest absolute Gasteiger partial charge is 0.497 e. The molecule has 1 aromatic carbocycles. The number of hydrogen-bond donors (Lipinski definition) is 1. The van der Waals surface area contributed by atoms with Crippen LogP contribution in [0.4, 0.5) is 0 Å². The van der Waals surface area contributed by atoms with E-state index in [-0.39, 0.29) is 0 Å². The van der Waals surface area contributed by atoms with Gasteiger partial charge in [0.25, 0.3) is 0 Å². The molecule has 0 bridgehead atoms. The Balaban J connectivity index is 2.40. The summed E-state index contributed by atoms with van der Waals surface area (Å²) in [6, 6.07) is 9.02. The van der Waals surface area contributed by atoms with E-state index in [1.807, 2.05) is 23.9 Å². The monoisotopic (exact) mass is 281 g/mol. The van der Waals surface area contributed by atoms with Crippen LogP contribution >= 0.6 is 11.8 Å². The van der Waals surface area contributed by atoms with E-state index in [4.69, 9.17) is 4.74 Å². The van der Waals surface area contributed by atoms with Gasteiger partial charge < -0.3 is 10.1 Å². The van der Waals surface area contributed by atoms with Gasteiger partial charge in [0.2, 0.25) is 0 Å². The number of aryl methyl sites for hydroxylation is 1. The molecule has 0 radical (unpaired) electrons. The quantitative estimate of drug-likeness (QED) is 0.745. The second-order valence-corrected chi connectivity index (χ2v) is 6.63. The lowest BCUT2D eigenvalue weighted by molar-refractivity contribution is 0.414. The second-order valence-electron chi connectivity index (χ2n) is 5.02. The minimum atomic E-state index is 0.611. The zero-order chi connectivity index (χ0) is 14.1. The Labute approximate surface area is 122 Å². The second kappa shape index (κ2) is 9.27. The summed E-state index contributed by atoms with van der Waals surface area (Å²) in [7, 11) is 1.71. The van der Waals surface area contributed by atoms with Crippen LogP contribution in [0.15, 0.2) is 24.3 Å². The lowest BCUT2D eigenvalue weighted by Crippen LogP contribution is -2.32. The van der Waals surface area contributed by atoms with Crippen molar-refractivity contribution in [2.24, 2.45) is 0 Å². The summed E-state index contributed by atoms with van der Waals surface area (Å²) in [6.45, 7) is 7.75. The molecule has 0 amide bonds. The van der Waals surface area contributed by atoms with E-state index in [1.165, 1.54) is 17.7 Å². The van der Waals surface area contributed by atoms with E-state index >= 15 is 0 Å². The first-order valence-electron chi connectivity index (χ1n) is 7.13. The molecule has 1 N–H and O–H groups in total. The Kier molecular flexibility index (Phi) is 7.99. The number of hydrogen-bond acceptors (Lipinski definition) is 3. The lowest BCUT2D eigenvalue weighted by Gasteiger charge is -2.18. The average Bonchev–Trinajstić information content (AvgIpc) is 2.42. The highest BCUT2D eigenvalue weighted by atomic mass is 32.2. The molecule has 3 heteroatoms. The summed E-state index contributed by atoms with van der Waals surface area (Å²) in [4.78, 5) is 0. The van der Waals surface area contributed by atoms with Crippen LogP contribution in [0.25, 0.3) is 0 Å². The van der Waals surface area contributed by atoms with Crippen LogP contribution in [0.5, 0.6) is 5.75 Å². The molecule has 0 aliphatic carbocycles. The van der Waals surface area contributed by atoms with Gasteiger partial charge in [-0.3, -0.25) is 0 Å². The third-order valence-electron chi connectivity index (χ3n) is 3.06. The summed E-state index contributed by atoms with van der Waals surface area (Å²) in [5.74, 6) is 2.13. The van der Waals surface area contributed by atoms with Crippen LogP contribution < -0.4 is 10.1 Å². The Morgan fingerprint density at radius 2 is 1.89 bits per heavy atom. The molecule has 0 heterocycles. The molecule has 0 aromatic heterocycles. The van der Waals surface area contributed by atoms with Crippen molar-refractivity contribution in [3.8, 4) is 5.75 Å². The number of methoxy groups -OCH3 is 1. The molecule has 2 nitrogen and oxygen atoms in total. The standard InChI is InChI=1S/C16H27NOS/c1-5-17-15(12-19-13(2)3)9-6-14-7-10-16(18-4)11-8-14/h7-8,10-11,13,15,17H,5-6,9,12H2,1-4H3.